The summed E-state index contributed by atoms with van der Waals surface area (Å²) < 4.78 is 2.85. The van der Waals surface area contributed by atoms with Crippen molar-refractivity contribution in [1.82, 2.24) is 9.55 Å². The monoisotopic (exact) mass is 329 g/mol. The molecular weight excluding hydrogens is 318 g/mol. The average molecular weight is 330 g/mol. The molecule has 0 aliphatic carbocycles. The summed E-state index contributed by atoms with van der Waals surface area (Å²) in [4.78, 5) is 15.8. The van der Waals surface area contributed by atoms with Crippen LogP contribution in [0.2, 0.25) is 0 Å². The number of halogens is 1. The lowest BCUT2D eigenvalue weighted by atomic mass is 10.2. The summed E-state index contributed by atoms with van der Waals surface area (Å²) in [6.45, 7) is 1.95. The summed E-state index contributed by atoms with van der Waals surface area (Å²) in [5, 5.41) is 0. The lowest BCUT2D eigenvalue weighted by Gasteiger charge is -2.10. The van der Waals surface area contributed by atoms with Crippen molar-refractivity contribution in [2.75, 3.05) is 0 Å². The predicted octanol–water partition coefficient (Wildman–Crippen LogP) is 3.20. The first-order valence-corrected chi connectivity index (χ1v) is 6.91. The maximum absolute atomic E-state index is 11.2. The summed E-state index contributed by atoms with van der Waals surface area (Å²) in [5.74, 6) is 0.447. The van der Waals surface area contributed by atoms with Gasteiger partial charge in [0.2, 0.25) is 5.91 Å². The zero-order valence-electron chi connectivity index (χ0n) is 10.8. The number of amides is 1. The normalized spacial score (nSPS) is 10.9. The van der Waals surface area contributed by atoms with Crippen molar-refractivity contribution in [3.05, 3.63) is 58.3 Å². The van der Waals surface area contributed by atoms with Gasteiger partial charge in [0.15, 0.2) is 0 Å². The number of rotatable bonds is 2. The van der Waals surface area contributed by atoms with Gasteiger partial charge in [-0.15, -0.1) is 0 Å². The van der Waals surface area contributed by atoms with Crippen LogP contribution < -0.4 is 5.73 Å². The van der Waals surface area contributed by atoms with Gasteiger partial charge in [0.25, 0.3) is 0 Å². The molecule has 100 valence electrons. The molecule has 1 aromatic heterocycles. The summed E-state index contributed by atoms with van der Waals surface area (Å²) in [6.07, 6.45) is 0. The number of hydrogen-bond acceptors (Lipinski definition) is 2. The van der Waals surface area contributed by atoms with Crippen LogP contribution in [0.3, 0.4) is 0 Å². The molecule has 2 aromatic carbocycles. The van der Waals surface area contributed by atoms with Crippen molar-refractivity contribution < 1.29 is 4.79 Å². The van der Waals surface area contributed by atoms with Gasteiger partial charge in [-0.1, -0.05) is 12.1 Å². The van der Waals surface area contributed by atoms with E-state index < -0.39 is 5.91 Å². The number of carbonyl (C=O) groups is 1. The van der Waals surface area contributed by atoms with E-state index in [0.29, 0.717) is 5.56 Å². The molecule has 0 spiro atoms. The zero-order chi connectivity index (χ0) is 14.3. The summed E-state index contributed by atoms with van der Waals surface area (Å²) in [6, 6.07) is 13.2. The standard InChI is InChI=1S/C15H12BrN3O/c1-9-18-12-4-2-3-5-14(12)19(9)13-7-6-10(15(17)20)8-11(13)16/h2-8H,1H3,(H2,17,20). The molecule has 3 aromatic rings. The molecule has 1 heterocycles. The van der Waals surface area contributed by atoms with E-state index in [1.54, 1.807) is 12.1 Å². The highest BCUT2D eigenvalue weighted by Crippen LogP contribution is 2.27. The van der Waals surface area contributed by atoms with Gasteiger partial charge in [0.05, 0.1) is 16.7 Å². The highest BCUT2D eigenvalue weighted by Gasteiger charge is 2.12. The third-order valence-corrected chi connectivity index (χ3v) is 3.84. The molecule has 0 atom stereocenters. The van der Waals surface area contributed by atoms with E-state index in [4.69, 9.17) is 5.73 Å². The Hall–Kier alpha value is -2.14. The van der Waals surface area contributed by atoms with Crippen LogP contribution in [0, 0.1) is 6.92 Å². The highest BCUT2D eigenvalue weighted by molar-refractivity contribution is 9.10. The van der Waals surface area contributed by atoms with Crippen molar-refractivity contribution in [3.63, 3.8) is 0 Å². The van der Waals surface area contributed by atoms with Gasteiger partial charge in [-0.25, -0.2) is 4.98 Å². The Kier molecular flexibility index (Phi) is 3.06. The number of fused-ring (bicyclic) bond motifs is 1. The Morgan fingerprint density at radius 2 is 2.00 bits per heavy atom. The van der Waals surface area contributed by atoms with Gasteiger partial charge in [0, 0.05) is 10.0 Å². The molecule has 0 unspecified atom stereocenters. The Balaban J connectivity index is 2.26. The fraction of sp³-hybridized carbons (Fsp3) is 0.0667. The molecule has 3 rings (SSSR count). The molecule has 2 N–H and O–H groups in total. The van der Waals surface area contributed by atoms with Crippen molar-refractivity contribution >= 4 is 32.9 Å². The lowest BCUT2D eigenvalue weighted by molar-refractivity contribution is 0.100. The summed E-state index contributed by atoms with van der Waals surface area (Å²) in [5.41, 5.74) is 8.67. The maximum atomic E-state index is 11.2. The van der Waals surface area contributed by atoms with Crippen LogP contribution in [0.4, 0.5) is 0 Å². The van der Waals surface area contributed by atoms with Crippen LogP contribution in [-0.2, 0) is 0 Å². The molecule has 1 amide bonds. The van der Waals surface area contributed by atoms with Gasteiger partial charge >= 0.3 is 0 Å². The summed E-state index contributed by atoms with van der Waals surface area (Å²) >= 11 is 3.50. The largest absolute Gasteiger partial charge is 0.366 e. The Labute approximate surface area is 124 Å². The first-order valence-electron chi connectivity index (χ1n) is 6.12. The number of nitrogens with two attached hydrogens (primary N) is 1. The highest BCUT2D eigenvalue weighted by atomic mass is 79.9. The number of aromatic nitrogens is 2. The van der Waals surface area contributed by atoms with E-state index in [2.05, 4.69) is 20.9 Å². The fourth-order valence-electron chi connectivity index (χ4n) is 2.29. The van der Waals surface area contributed by atoms with Crippen LogP contribution in [0.15, 0.2) is 46.9 Å². The Bertz CT molecular complexity index is 823. The molecule has 0 aliphatic heterocycles. The summed E-state index contributed by atoms with van der Waals surface area (Å²) in [7, 11) is 0. The predicted molar refractivity (Wildman–Crippen MR) is 82.0 cm³/mol. The molecule has 0 aliphatic rings. The number of primary amides is 1. The van der Waals surface area contributed by atoms with Crippen molar-refractivity contribution in [2.24, 2.45) is 5.73 Å². The fourth-order valence-corrected chi connectivity index (χ4v) is 2.85. The molecule has 4 nitrogen and oxygen atoms in total. The van der Waals surface area contributed by atoms with E-state index in [9.17, 15) is 4.79 Å². The second-order valence-electron chi connectivity index (χ2n) is 4.51. The van der Waals surface area contributed by atoms with E-state index in [1.807, 2.05) is 41.8 Å². The lowest BCUT2D eigenvalue weighted by Crippen LogP contribution is -2.11. The van der Waals surface area contributed by atoms with Gasteiger partial charge in [-0.05, 0) is 53.2 Å². The second kappa shape index (κ2) is 4.76. The van der Waals surface area contributed by atoms with Crippen molar-refractivity contribution in [1.29, 1.82) is 0 Å². The number of para-hydroxylation sites is 2. The molecule has 0 radical (unpaired) electrons. The van der Waals surface area contributed by atoms with E-state index >= 15 is 0 Å². The number of aryl methyl sites for hydroxylation is 1. The SMILES string of the molecule is Cc1nc2ccccc2n1-c1ccc(C(N)=O)cc1Br. The zero-order valence-corrected chi connectivity index (χ0v) is 12.4. The van der Waals surface area contributed by atoms with E-state index in [1.165, 1.54) is 0 Å². The van der Waals surface area contributed by atoms with Crippen LogP contribution in [0.1, 0.15) is 16.2 Å². The smallest absolute Gasteiger partial charge is 0.248 e. The van der Waals surface area contributed by atoms with Gasteiger partial charge in [-0.2, -0.15) is 0 Å². The first kappa shape index (κ1) is 12.9. The van der Waals surface area contributed by atoms with Gasteiger partial charge < -0.3 is 5.73 Å². The number of hydrogen-bond donors (Lipinski definition) is 1. The molecular formula is C15H12BrN3O. The van der Waals surface area contributed by atoms with Crippen LogP contribution in [0.5, 0.6) is 0 Å². The quantitative estimate of drug-likeness (QED) is 0.784. The second-order valence-corrected chi connectivity index (χ2v) is 5.37. The Morgan fingerprint density at radius 1 is 1.25 bits per heavy atom. The maximum Gasteiger partial charge on any atom is 0.248 e. The topological polar surface area (TPSA) is 60.9 Å². The minimum atomic E-state index is -0.440. The number of imidazole rings is 1. The van der Waals surface area contributed by atoms with Gasteiger partial charge in [0.1, 0.15) is 5.82 Å². The van der Waals surface area contributed by atoms with Crippen molar-refractivity contribution in [3.8, 4) is 5.69 Å². The molecule has 0 saturated carbocycles. The number of benzene rings is 2. The van der Waals surface area contributed by atoms with Crippen LogP contribution >= 0.6 is 15.9 Å². The van der Waals surface area contributed by atoms with Crippen molar-refractivity contribution in [2.45, 2.75) is 6.92 Å². The minimum Gasteiger partial charge on any atom is -0.366 e. The number of carbonyl (C=O) groups excluding carboxylic acids is 1. The van der Waals surface area contributed by atoms with Crippen LogP contribution in [0.25, 0.3) is 16.7 Å². The molecule has 0 bridgehead atoms. The third kappa shape index (κ3) is 2.00. The number of nitrogens with zero attached hydrogens (tertiary/aromatic N) is 2. The first-order chi connectivity index (χ1) is 9.58. The van der Waals surface area contributed by atoms with Gasteiger partial charge in [-0.3, -0.25) is 9.36 Å². The Morgan fingerprint density at radius 3 is 2.70 bits per heavy atom. The molecule has 20 heavy (non-hydrogen) atoms. The van der Waals surface area contributed by atoms with E-state index in [0.717, 1.165) is 27.0 Å². The third-order valence-electron chi connectivity index (χ3n) is 3.20. The average Bonchev–Trinajstić information content (AvgIpc) is 2.74. The van der Waals surface area contributed by atoms with E-state index in [-0.39, 0.29) is 0 Å². The van der Waals surface area contributed by atoms with Crippen LogP contribution in [-0.4, -0.2) is 15.5 Å². The molecule has 0 saturated heterocycles. The molecule has 5 heteroatoms. The molecule has 0 fully saturated rings. The minimum absolute atomic E-state index is 0.440.